The van der Waals surface area contributed by atoms with Gasteiger partial charge in [-0.1, -0.05) is 12.1 Å². The number of hydrogen-bond donors (Lipinski definition) is 0. The van der Waals surface area contributed by atoms with Gasteiger partial charge in [0.2, 0.25) is 0 Å². The molecule has 0 amide bonds. The lowest BCUT2D eigenvalue weighted by atomic mass is 10.1. The van der Waals surface area contributed by atoms with Crippen LogP contribution in [0.1, 0.15) is 11.4 Å². The van der Waals surface area contributed by atoms with Crippen LogP contribution in [0.5, 0.6) is 0 Å². The second kappa shape index (κ2) is 4.63. The van der Waals surface area contributed by atoms with Gasteiger partial charge in [-0.3, -0.25) is 4.98 Å². The molecule has 0 aliphatic carbocycles. The van der Waals surface area contributed by atoms with E-state index in [0.717, 1.165) is 28.3 Å². The molecule has 0 radical (unpaired) electrons. The van der Waals surface area contributed by atoms with Gasteiger partial charge in [-0.05, 0) is 26.0 Å². The topological polar surface area (TPSA) is 33.4 Å². The average Bonchev–Trinajstić information content (AvgIpc) is 2.83. The van der Waals surface area contributed by atoms with Gasteiger partial charge in [0, 0.05) is 37.7 Å². The van der Waals surface area contributed by atoms with Crippen LogP contribution in [0.3, 0.4) is 0 Å². The molecule has 0 unspecified atom stereocenters. The Balaban J connectivity index is 2.08. The van der Waals surface area contributed by atoms with Crippen molar-refractivity contribution in [1.29, 1.82) is 0 Å². The summed E-state index contributed by atoms with van der Waals surface area (Å²) in [7, 11) is 4.08. The molecule has 4 heteroatoms. The predicted octanol–water partition coefficient (Wildman–Crippen LogP) is 3.08. The molecule has 0 fully saturated rings. The molecular weight excluding hydrogens is 248 g/mol. The Hall–Kier alpha value is -2.36. The van der Waals surface area contributed by atoms with Crippen LogP contribution in [-0.4, -0.2) is 28.5 Å². The van der Waals surface area contributed by atoms with Crippen LogP contribution in [0, 0.1) is 13.8 Å². The van der Waals surface area contributed by atoms with Gasteiger partial charge in [0.25, 0.3) is 0 Å². The summed E-state index contributed by atoms with van der Waals surface area (Å²) < 4.78 is 2.05. The first-order valence-corrected chi connectivity index (χ1v) is 6.65. The predicted molar refractivity (Wildman–Crippen MR) is 82.2 cm³/mol. The second-order valence-corrected chi connectivity index (χ2v) is 5.27. The van der Waals surface area contributed by atoms with Crippen molar-refractivity contribution < 1.29 is 0 Å². The highest BCUT2D eigenvalue weighted by atomic mass is 15.1. The second-order valence-electron chi connectivity index (χ2n) is 5.27. The molecule has 3 aromatic rings. The average molecular weight is 266 g/mol. The van der Waals surface area contributed by atoms with Crippen molar-refractivity contribution in [1.82, 2.24) is 14.4 Å². The zero-order chi connectivity index (χ0) is 14.3. The van der Waals surface area contributed by atoms with E-state index < -0.39 is 0 Å². The van der Waals surface area contributed by atoms with Gasteiger partial charge in [-0.15, -0.1) is 0 Å². The van der Waals surface area contributed by atoms with Crippen LogP contribution in [0.4, 0.5) is 5.69 Å². The number of benzene rings is 1. The highest BCUT2D eigenvalue weighted by Crippen LogP contribution is 2.23. The number of aromatic nitrogens is 3. The summed E-state index contributed by atoms with van der Waals surface area (Å²) in [6, 6.07) is 8.42. The van der Waals surface area contributed by atoms with E-state index in [1.54, 1.807) is 0 Å². The van der Waals surface area contributed by atoms with E-state index in [1.807, 2.05) is 38.5 Å². The molecule has 102 valence electrons. The van der Waals surface area contributed by atoms with Crippen LogP contribution < -0.4 is 4.90 Å². The van der Waals surface area contributed by atoms with Gasteiger partial charge < -0.3 is 9.30 Å². The quantitative estimate of drug-likeness (QED) is 0.714. The van der Waals surface area contributed by atoms with E-state index in [0.29, 0.717) is 0 Å². The summed E-state index contributed by atoms with van der Waals surface area (Å²) >= 11 is 0. The normalized spacial score (nSPS) is 11.0. The van der Waals surface area contributed by atoms with Crippen LogP contribution in [0.2, 0.25) is 0 Å². The van der Waals surface area contributed by atoms with Gasteiger partial charge in [-0.2, -0.15) is 0 Å². The molecule has 20 heavy (non-hydrogen) atoms. The molecule has 1 aromatic carbocycles. The zero-order valence-corrected chi connectivity index (χ0v) is 12.3. The largest absolute Gasteiger partial charge is 0.378 e. The molecule has 0 aliphatic rings. The van der Waals surface area contributed by atoms with E-state index in [9.17, 15) is 0 Å². The van der Waals surface area contributed by atoms with Gasteiger partial charge in [0.05, 0.1) is 17.1 Å². The molecule has 0 aliphatic heterocycles. The van der Waals surface area contributed by atoms with Crippen molar-refractivity contribution in [2.75, 3.05) is 19.0 Å². The number of aryl methyl sites for hydroxylation is 2. The third kappa shape index (κ3) is 2.13. The Morgan fingerprint density at radius 1 is 0.950 bits per heavy atom. The van der Waals surface area contributed by atoms with Gasteiger partial charge >= 0.3 is 0 Å². The lowest BCUT2D eigenvalue weighted by molar-refractivity contribution is 1.03. The van der Waals surface area contributed by atoms with E-state index in [-0.39, 0.29) is 0 Å². The minimum Gasteiger partial charge on any atom is -0.378 e. The smallest absolute Gasteiger partial charge is 0.158 e. The molecule has 3 rings (SSSR count). The van der Waals surface area contributed by atoms with E-state index in [4.69, 9.17) is 0 Å². The number of fused-ring (bicyclic) bond motifs is 1. The molecule has 4 nitrogen and oxygen atoms in total. The fraction of sp³-hybridized carbons (Fsp3) is 0.250. The van der Waals surface area contributed by atoms with Crippen molar-refractivity contribution in [3.63, 3.8) is 0 Å². The summed E-state index contributed by atoms with van der Waals surface area (Å²) in [5.74, 6) is 0. The van der Waals surface area contributed by atoms with Crippen LogP contribution in [0.25, 0.3) is 16.9 Å². The van der Waals surface area contributed by atoms with Crippen molar-refractivity contribution in [2.24, 2.45) is 0 Å². The summed E-state index contributed by atoms with van der Waals surface area (Å²) in [5, 5.41) is 0. The monoisotopic (exact) mass is 266 g/mol. The molecule has 0 saturated heterocycles. The van der Waals surface area contributed by atoms with E-state index in [1.165, 1.54) is 5.69 Å². The maximum Gasteiger partial charge on any atom is 0.158 e. The molecule has 0 N–H and O–H groups in total. The zero-order valence-electron chi connectivity index (χ0n) is 12.3. The maximum absolute atomic E-state index is 4.68. The van der Waals surface area contributed by atoms with Crippen LogP contribution >= 0.6 is 0 Å². The minimum atomic E-state index is 0.919. The van der Waals surface area contributed by atoms with Crippen LogP contribution in [-0.2, 0) is 0 Å². The number of anilines is 1. The van der Waals surface area contributed by atoms with Crippen molar-refractivity contribution in [2.45, 2.75) is 13.8 Å². The Morgan fingerprint density at radius 2 is 1.65 bits per heavy atom. The van der Waals surface area contributed by atoms with Crippen molar-refractivity contribution >= 4 is 11.3 Å². The summed E-state index contributed by atoms with van der Waals surface area (Å²) in [4.78, 5) is 11.2. The molecule has 0 spiro atoms. The SMILES string of the molecule is Cc1cn2cc(-c3ccc(N(C)C)cc3)nc2c(C)n1. The van der Waals surface area contributed by atoms with Crippen molar-refractivity contribution in [3.8, 4) is 11.3 Å². The third-order valence-electron chi connectivity index (χ3n) is 3.41. The Bertz CT molecular complexity index is 754. The maximum atomic E-state index is 4.68. The van der Waals surface area contributed by atoms with E-state index >= 15 is 0 Å². The number of nitrogens with zero attached hydrogens (tertiary/aromatic N) is 4. The van der Waals surface area contributed by atoms with E-state index in [2.05, 4.69) is 45.3 Å². The first kappa shape index (κ1) is 12.7. The highest BCUT2D eigenvalue weighted by Gasteiger charge is 2.08. The highest BCUT2D eigenvalue weighted by molar-refractivity contribution is 5.66. The first-order valence-electron chi connectivity index (χ1n) is 6.65. The number of hydrogen-bond acceptors (Lipinski definition) is 3. The third-order valence-corrected chi connectivity index (χ3v) is 3.41. The summed E-state index contributed by atoms with van der Waals surface area (Å²) in [6.07, 6.45) is 4.06. The fourth-order valence-electron chi connectivity index (χ4n) is 2.37. The Labute approximate surface area is 118 Å². The lowest BCUT2D eigenvalue weighted by Crippen LogP contribution is -2.07. The summed E-state index contributed by atoms with van der Waals surface area (Å²) in [6.45, 7) is 3.99. The van der Waals surface area contributed by atoms with Gasteiger partial charge in [0.1, 0.15) is 0 Å². The first-order chi connectivity index (χ1) is 9.54. The Kier molecular flexibility index (Phi) is 2.93. The molecule has 2 heterocycles. The lowest BCUT2D eigenvalue weighted by Gasteiger charge is -2.12. The Morgan fingerprint density at radius 3 is 2.30 bits per heavy atom. The van der Waals surface area contributed by atoms with Crippen LogP contribution in [0.15, 0.2) is 36.7 Å². The van der Waals surface area contributed by atoms with Crippen molar-refractivity contribution in [3.05, 3.63) is 48.0 Å². The molecule has 0 saturated carbocycles. The molecular formula is C16H18N4. The molecule has 0 atom stereocenters. The number of imidazole rings is 1. The molecule has 0 bridgehead atoms. The number of rotatable bonds is 2. The van der Waals surface area contributed by atoms with Gasteiger partial charge in [-0.25, -0.2) is 4.98 Å². The standard InChI is InChI=1S/C16H18N4/c1-11-9-20-10-15(18-16(20)12(2)17-11)13-5-7-14(8-6-13)19(3)4/h5-10H,1-4H3. The fourth-order valence-corrected chi connectivity index (χ4v) is 2.37. The minimum absolute atomic E-state index is 0.919. The van der Waals surface area contributed by atoms with Gasteiger partial charge in [0.15, 0.2) is 5.65 Å². The molecule has 2 aromatic heterocycles. The summed E-state index contributed by atoms with van der Waals surface area (Å²) in [5.41, 5.74) is 6.17.